The molecule has 20 heavy (non-hydrogen) atoms. The molecular weight excluding hydrogens is 319 g/mol. The molecule has 2 rings (SSSR count). The maximum atomic E-state index is 13.2. The molecule has 0 radical (unpaired) electrons. The van der Waals surface area contributed by atoms with Gasteiger partial charge < -0.3 is 5.32 Å². The van der Waals surface area contributed by atoms with Crippen molar-refractivity contribution in [3.8, 4) is 0 Å². The predicted molar refractivity (Wildman–Crippen MR) is 85.4 cm³/mol. The van der Waals surface area contributed by atoms with Crippen LogP contribution in [0.4, 0.5) is 4.39 Å². The molecule has 0 saturated carbocycles. The minimum absolute atomic E-state index is 0.193. The van der Waals surface area contributed by atoms with Gasteiger partial charge in [0.1, 0.15) is 5.82 Å². The molecule has 2 atom stereocenters. The summed E-state index contributed by atoms with van der Waals surface area (Å²) in [6.07, 6.45) is 2.52. The Bertz CT molecular complexity index is 444. The summed E-state index contributed by atoms with van der Waals surface area (Å²) in [7, 11) is 0. The van der Waals surface area contributed by atoms with E-state index in [1.54, 1.807) is 12.1 Å². The van der Waals surface area contributed by atoms with Gasteiger partial charge >= 0.3 is 0 Å². The third-order valence-corrected chi connectivity index (χ3v) is 4.85. The number of hydrogen-bond acceptors (Lipinski definition) is 2. The summed E-state index contributed by atoms with van der Waals surface area (Å²) in [5.41, 5.74) is 1.15. The molecule has 0 spiro atoms. The molecule has 1 fully saturated rings. The zero-order valence-electron chi connectivity index (χ0n) is 12.5. The van der Waals surface area contributed by atoms with Crippen LogP contribution in [-0.2, 0) is 0 Å². The van der Waals surface area contributed by atoms with E-state index in [0.29, 0.717) is 12.1 Å². The van der Waals surface area contributed by atoms with Crippen molar-refractivity contribution in [3.63, 3.8) is 0 Å². The second-order valence-corrected chi connectivity index (χ2v) is 6.78. The standard InChI is InChI=1S/C16H24BrFN2/c1-11(2)20(10-14-5-4-8-19-14)12(3)15-7-6-13(18)9-16(15)17/h6-7,9,11-12,14,19H,4-5,8,10H2,1-3H3. The Labute approximate surface area is 129 Å². The van der Waals surface area contributed by atoms with Gasteiger partial charge in [-0.1, -0.05) is 22.0 Å². The van der Waals surface area contributed by atoms with Gasteiger partial charge in [-0.2, -0.15) is 0 Å². The summed E-state index contributed by atoms with van der Waals surface area (Å²) in [5.74, 6) is -0.193. The van der Waals surface area contributed by atoms with Crippen molar-refractivity contribution < 1.29 is 4.39 Å². The average Bonchev–Trinajstić information content (AvgIpc) is 2.87. The van der Waals surface area contributed by atoms with Gasteiger partial charge in [-0.15, -0.1) is 0 Å². The summed E-state index contributed by atoms with van der Waals surface area (Å²) < 4.78 is 14.1. The highest BCUT2D eigenvalue weighted by Gasteiger charge is 2.25. The van der Waals surface area contributed by atoms with Crippen LogP contribution in [0.15, 0.2) is 22.7 Å². The number of nitrogens with one attached hydrogen (secondary N) is 1. The SMILES string of the molecule is CC(C)N(CC1CCCN1)C(C)c1ccc(F)cc1Br. The number of benzene rings is 1. The van der Waals surface area contributed by atoms with Crippen LogP contribution in [0.25, 0.3) is 0 Å². The lowest BCUT2D eigenvalue weighted by atomic mass is 10.0. The lowest BCUT2D eigenvalue weighted by molar-refractivity contribution is 0.149. The van der Waals surface area contributed by atoms with Crippen molar-refractivity contribution in [1.82, 2.24) is 10.2 Å². The van der Waals surface area contributed by atoms with Gasteiger partial charge in [0.05, 0.1) is 0 Å². The summed E-state index contributed by atoms with van der Waals surface area (Å²) in [5, 5.41) is 3.56. The minimum atomic E-state index is -0.193. The molecule has 1 aromatic carbocycles. The molecule has 0 amide bonds. The number of halogens is 2. The highest BCUT2D eigenvalue weighted by Crippen LogP contribution is 2.30. The Kier molecular flexibility index (Phi) is 5.58. The molecule has 0 bridgehead atoms. The molecule has 2 nitrogen and oxygen atoms in total. The zero-order valence-corrected chi connectivity index (χ0v) is 14.1. The summed E-state index contributed by atoms with van der Waals surface area (Å²) in [4.78, 5) is 2.49. The topological polar surface area (TPSA) is 15.3 Å². The highest BCUT2D eigenvalue weighted by atomic mass is 79.9. The molecule has 0 aliphatic carbocycles. The molecule has 1 aliphatic rings. The van der Waals surface area contributed by atoms with Crippen molar-refractivity contribution in [2.24, 2.45) is 0 Å². The maximum Gasteiger partial charge on any atom is 0.124 e. The first kappa shape index (κ1) is 15.9. The Balaban J connectivity index is 2.14. The van der Waals surface area contributed by atoms with Gasteiger partial charge in [0.25, 0.3) is 0 Å². The van der Waals surface area contributed by atoms with E-state index in [4.69, 9.17) is 0 Å². The predicted octanol–water partition coefficient (Wildman–Crippen LogP) is 4.11. The normalized spacial score (nSPS) is 20.9. The molecule has 1 aromatic rings. The average molecular weight is 343 g/mol. The number of hydrogen-bond donors (Lipinski definition) is 1. The fraction of sp³-hybridized carbons (Fsp3) is 0.625. The quantitative estimate of drug-likeness (QED) is 0.866. The van der Waals surface area contributed by atoms with Gasteiger partial charge in [-0.25, -0.2) is 4.39 Å². The molecule has 2 unspecified atom stereocenters. The largest absolute Gasteiger partial charge is 0.313 e. The minimum Gasteiger partial charge on any atom is -0.313 e. The Hall–Kier alpha value is -0.450. The van der Waals surface area contributed by atoms with Crippen molar-refractivity contribution >= 4 is 15.9 Å². The Morgan fingerprint density at radius 2 is 2.15 bits per heavy atom. The van der Waals surface area contributed by atoms with Crippen molar-refractivity contribution in [3.05, 3.63) is 34.1 Å². The number of rotatable bonds is 5. The highest BCUT2D eigenvalue weighted by molar-refractivity contribution is 9.10. The lowest BCUT2D eigenvalue weighted by Gasteiger charge is -2.35. The van der Waals surface area contributed by atoms with Crippen molar-refractivity contribution in [1.29, 1.82) is 0 Å². The van der Waals surface area contributed by atoms with Crippen LogP contribution in [0.3, 0.4) is 0 Å². The van der Waals surface area contributed by atoms with E-state index in [1.165, 1.54) is 12.8 Å². The summed E-state index contributed by atoms with van der Waals surface area (Å²) in [6, 6.07) is 6.30. The first-order valence-corrected chi connectivity index (χ1v) is 8.22. The van der Waals surface area contributed by atoms with Gasteiger partial charge in [-0.3, -0.25) is 4.90 Å². The van der Waals surface area contributed by atoms with Crippen LogP contribution >= 0.6 is 15.9 Å². The molecule has 1 N–H and O–H groups in total. The van der Waals surface area contributed by atoms with E-state index in [2.05, 4.69) is 46.9 Å². The fourth-order valence-corrected chi connectivity index (χ4v) is 3.68. The van der Waals surface area contributed by atoms with E-state index >= 15 is 0 Å². The zero-order chi connectivity index (χ0) is 14.7. The summed E-state index contributed by atoms with van der Waals surface area (Å²) in [6.45, 7) is 8.83. The van der Waals surface area contributed by atoms with Crippen LogP contribution < -0.4 is 5.32 Å². The van der Waals surface area contributed by atoms with Crippen LogP contribution in [0.1, 0.15) is 45.2 Å². The van der Waals surface area contributed by atoms with Crippen LogP contribution in [0, 0.1) is 5.82 Å². The van der Waals surface area contributed by atoms with Gasteiger partial charge in [-0.05, 0) is 57.9 Å². The fourth-order valence-electron chi connectivity index (χ4n) is 3.00. The molecule has 1 heterocycles. The second kappa shape index (κ2) is 7.01. The van der Waals surface area contributed by atoms with Gasteiger partial charge in [0, 0.05) is 29.1 Å². The number of nitrogens with zero attached hydrogens (tertiary/aromatic N) is 1. The monoisotopic (exact) mass is 342 g/mol. The van der Waals surface area contributed by atoms with Crippen LogP contribution in [-0.4, -0.2) is 30.1 Å². The molecule has 1 aliphatic heterocycles. The first-order chi connectivity index (χ1) is 9.49. The van der Waals surface area contributed by atoms with E-state index in [0.717, 1.165) is 23.1 Å². The molecule has 1 saturated heterocycles. The van der Waals surface area contributed by atoms with Crippen molar-refractivity contribution in [2.45, 2.75) is 51.7 Å². The molecular formula is C16H24BrFN2. The summed E-state index contributed by atoms with van der Waals surface area (Å²) >= 11 is 3.50. The lowest BCUT2D eigenvalue weighted by Crippen LogP contribution is -2.42. The van der Waals surface area contributed by atoms with E-state index in [-0.39, 0.29) is 11.9 Å². The molecule has 0 aromatic heterocycles. The van der Waals surface area contributed by atoms with Gasteiger partial charge in [0.15, 0.2) is 0 Å². The first-order valence-electron chi connectivity index (χ1n) is 7.43. The van der Waals surface area contributed by atoms with Crippen LogP contribution in [0.2, 0.25) is 0 Å². The Morgan fingerprint density at radius 3 is 2.70 bits per heavy atom. The van der Waals surface area contributed by atoms with Crippen molar-refractivity contribution in [2.75, 3.05) is 13.1 Å². The molecule has 4 heteroatoms. The van der Waals surface area contributed by atoms with E-state index in [9.17, 15) is 4.39 Å². The smallest absolute Gasteiger partial charge is 0.124 e. The van der Waals surface area contributed by atoms with Crippen LogP contribution in [0.5, 0.6) is 0 Å². The van der Waals surface area contributed by atoms with E-state index < -0.39 is 0 Å². The molecule has 112 valence electrons. The van der Waals surface area contributed by atoms with E-state index in [1.807, 2.05) is 6.07 Å². The maximum absolute atomic E-state index is 13.2. The van der Waals surface area contributed by atoms with Gasteiger partial charge in [0.2, 0.25) is 0 Å². The Morgan fingerprint density at radius 1 is 1.40 bits per heavy atom. The second-order valence-electron chi connectivity index (χ2n) is 5.93. The third-order valence-electron chi connectivity index (χ3n) is 4.17. The third kappa shape index (κ3) is 3.80.